The van der Waals surface area contributed by atoms with E-state index in [1.54, 1.807) is 0 Å². The fourth-order valence-corrected chi connectivity index (χ4v) is 0.555. The van der Waals surface area contributed by atoms with Crippen molar-refractivity contribution in [3.05, 3.63) is 12.5 Å². The number of nitrogens with zero attached hydrogens (tertiary/aromatic N) is 3. The van der Waals surface area contributed by atoms with Gasteiger partial charge in [-0.1, -0.05) is 0 Å². The van der Waals surface area contributed by atoms with Gasteiger partial charge in [-0.05, 0) is 0 Å². The van der Waals surface area contributed by atoms with Gasteiger partial charge in [-0.15, -0.1) is 0 Å². The molecule has 0 aliphatic heterocycles. The van der Waals surface area contributed by atoms with E-state index >= 15 is 0 Å². The minimum Gasteiger partial charge on any atom is -0.492 e. The average Bonchev–Trinajstić information content (AvgIpc) is 2.04. The highest BCUT2D eigenvalue weighted by Crippen LogP contribution is 2.18. The number of carbonyl (C=O) groups is 1. The lowest BCUT2D eigenvalue weighted by molar-refractivity contribution is -0.107. The minimum absolute atomic E-state index is 0.0718. The SMILES string of the molecule is NN(C=O)c1cncnc1O. The van der Waals surface area contributed by atoms with Crippen molar-refractivity contribution in [1.82, 2.24) is 9.97 Å². The lowest BCUT2D eigenvalue weighted by Crippen LogP contribution is -2.29. The number of anilines is 1. The van der Waals surface area contributed by atoms with E-state index in [4.69, 9.17) is 10.9 Å². The number of carbonyl (C=O) groups excluding carboxylic acids is 1. The molecule has 1 heterocycles. The van der Waals surface area contributed by atoms with Gasteiger partial charge in [-0.3, -0.25) is 4.79 Å². The zero-order valence-corrected chi connectivity index (χ0v) is 5.51. The third kappa shape index (κ3) is 1.41. The summed E-state index contributed by atoms with van der Waals surface area (Å²) in [5.41, 5.74) is 0.0718. The van der Waals surface area contributed by atoms with E-state index < -0.39 is 0 Å². The molecule has 0 aliphatic carbocycles. The van der Waals surface area contributed by atoms with E-state index in [9.17, 15) is 4.79 Å². The van der Waals surface area contributed by atoms with E-state index in [1.807, 2.05) is 0 Å². The number of rotatable bonds is 2. The number of aromatic hydroxyl groups is 1. The molecule has 0 bridgehead atoms. The first-order valence-corrected chi connectivity index (χ1v) is 2.74. The first-order chi connectivity index (χ1) is 5.25. The van der Waals surface area contributed by atoms with Gasteiger partial charge < -0.3 is 5.11 Å². The third-order valence-electron chi connectivity index (χ3n) is 1.06. The molecule has 1 aromatic rings. The van der Waals surface area contributed by atoms with Gasteiger partial charge >= 0.3 is 0 Å². The highest BCUT2D eigenvalue weighted by atomic mass is 16.3. The van der Waals surface area contributed by atoms with Crippen LogP contribution in [0.3, 0.4) is 0 Å². The lowest BCUT2D eigenvalue weighted by atomic mass is 10.5. The van der Waals surface area contributed by atoms with Crippen molar-refractivity contribution in [2.24, 2.45) is 5.84 Å². The second-order valence-electron chi connectivity index (χ2n) is 1.74. The average molecular weight is 154 g/mol. The van der Waals surface area contributed by atoms with Crippen LogP contribution in [-0.4, -0.2) is 21.5 Å². The van der Waals surface area contributed by atoms with Crippen molar-refractivity contribution < 1.29 is 9.90 Å². The zero-order chi connectivity index (χ0) is 8.27. The maximum atomic E-state index is 10.1. The summed E-state index contributed by atoms with van der Waals surface area (Å²) < 4.78 is 0. The molecule has 6 heteroatoms. The van der Waals surface area contributed by atoms with Crippen LogP contribution in [-0.2, 0) is 4.79 Å². The van der Waals surface area contributed by atoms with Crippen LogP contribution in [0.15, 0.2) is 12.5 Å². The molecule has 1 rings (SSSR count). The van der Waals surface area contributed by atoms with Gasteiger partial charge in [0.05, 0.1) is 6.20 Å². The van der Waals surface area contributed by atoms with E-state index in [0.717, 1.165) is 6.33 Å². The number of aromatic nitrogens is 2. The number of nitrogens with two attached hydrogens (primary N) is 1. The lowest BCUT2D eigenvalue weighted by Gasteiger charge is -2.08. The summed E-state index contributed by atoms with van der Waals surface area (Å²) >= 11 is 0. The maximum Gasteiger partial charge on any atom is 0.240 e. The van der Waals surface area contributed by atoms with Crippen LogP contribution in [0, 0.1) is 0 Å². The van der Waals surface area contributed by atoms with Crippen LogP contribution >= 0.6 is 0 Å². The Morgan fingerprint density at radius 3 is 3.00 bits per heavy atom. The van der Waals surface area contributed by atoms with E-state index in [0.29, 0.717) is 11.4 Å². The van der Waals surface area contributed by atoms with Crippen LogP contribution in [0.5, 0.6) is 5.88 Å². The second-order valence-corrected chi connectivity index (χ2v) is 1.74. The normalized spacial score (nSPS) is 9.18. The molecule has 58 valence electrons. The molecule has 0 spiro atoms. The van der Waals surface area contributed by atoms with Gasteiger partial charge in [-0.2, -0.15) is 0 Å². The molecule has 6 nitrogen and oxygen atoms in total. The van der Waals surface area contributed by atoms with Crippen LogP contribution in [0.25, 0.3) is 0 Å². The van der Waals surface area contributed by atoms with Gasteiger partial charge in [0.2, 0.25) is 12.3 Å². The Bertz CT molecular complexity index is 264. The Hall–Kier alpha value is -1.69. The summed E-state index contributed by atoms with van der Waals surface area (Å²) in [6.45, 7) is 0. The first kappa shape index (κ1) is 7.42. The molecule has 1 amide bonds. The zero-order valence-electron chi connectivity index (χ0n) is 5.51. The summed E-state index contributed by atoms with van der Waals surface area (Å²) in [7, 11) is 0. The van der Waals surface area contributed by atoms with Crippen molar-refractivity contribution in [2.45, 2.75) is 0 Å². The molecule has 11 heavy (non-hydrogen) atoms. The molecule has 0 unspecified atom stereocenters. The molecule has 0 radical (unpaired) electrons. The van der Waals surface area contributed by atoms with Gasteiger partial charge in [0.1, 0.15) is 12.0 Å². The largest absolute Gasteiger partial charge is 0.492 e. The van der Waals surface area contributed by atoms with Crippen molar-refractivity contribution in [1.29, 1.82) is 0 Å². The van der Waals surface area contributed by atoms with Crippen LogP contribution in [0.2, 0.25) is 0 Å². The summed E-state index contributed by atoms with van der Waals surface area (Å²) in [5, 5.41) is 9.67. The Kier molecular flexibility index (Phi) is 1.98. The topological polar surface area (TPSA) is 92.3 Å². The highest BCUT2D eigenvalue weighted by Gasteiger charge is 2.05. The predicted molar refractivity (Wildman–Crippen MR) is 36.4 cm³/mol. The van der Waals surface area contributed by atoms with Gasteiger partial charge in [-0.25, -0.2) is 20.8 Å². The number of amides is 1. The number of hydrogen-bond donors (Lipinski definition) is 2. The van der Waals surface area contributed by atoms with Gasteiger partial charge in [0, 0.05) is 0 Å². The van der Waals surface area contributed by atoms with Crippen molar-refractivity contribution in [3.63, 3.8) is 0 Å². The molecule has 1 aromatic heterocycles. The van der Waals surface area contributed by atoms with Crippen molar-refractivity contribution >= 4 is 12.1 Å². The fourth-order valence-electron chi connectivity index (χ4n) is 0.555. The summed E-state index contributed by atoms with van der Waals surface area (Å²) in [6, 6.07) is 0. The monoisotopic (exact) mass is 154 g/mol. The first-order valence-electron chi connectivity index (χ1n) is 2.74. The van der Waals surface area contributed by atoms with Crippen LogP contribution < -0.4 is 10.9 Å². The molecule has 0 fully saturated rings. The van der Waals surface area contributed by atoms with Gasteiger partial charge in [0.25, 0.3) is 0 Å². The molecular formula is C5H6N4O2. The van der Waals surface area contributed by atoms with Gasteiger partial charge in [0.15, 0.2) is 0 Å². The number of hydrazine groups is 1. The second kappa shape index (κ2) is 2.93. The Morgan fingerprint density at radius 1 is 1.73 bits per heavy atom. The molecule has 0 atom stereocenters. The smallest absolute Gasteiger partial charge is 0.240 e. The summed E-state index contributed by atoms with van der Waals surface area (Å²) in [5.74, 6) is 4.80. The molecule has 0 saturated carbocycles. The maximum absolute atomic E-state index is 10.1. The standard InChI is InChI=1S/C5H6N4O2/c6-9(3-10)4-1-7-2-8-5(4)11/h1-3H,6H2,(H,7,8,11). The summed E-state index contributed by atoms with van der Waals surface area (Å²) in [6.07, 6.45) is 2.73. The summed E-state index contributed by atoms with van der Waals surface area (Å²) in [4.78, 5) is 17.1. The van der Waals surface area contributed by atoms with Crippen LogP contribution in [0.1, 0.15) is 0 Å². The van der Waals surface area contributed by atoms with Crippen molar-refractivity contribution in [3.8, 4) is 5.88 Å². The molecule has 3 N–H and O–H groups in total. The molecular weight excluding hydrogens is 148 g/mol. The molecule has 0 aromatic carbocycles. The van der Waals surface area contributed by atoms with E-state index in [2.05, 4.69) is 9.97 Å². The Balaban J connectivity index is 3.02. The Morgan fingerprint density at radius 2 is 2.45 bits per heavy atom. The Labute approximate surface area is 62.3 Å². The van der Waals surface area contributed by atoms with Crippen LogP contribution in [0.4, 0.5) is 5.69 Å². The van der Waals surface area contributed by atoms with Crippen molar-refractivity contribution in [2.75, 3.05) is 5.01 Å². The third-order valence-corrected chi connectivity index (χ3v) is 1.06. The highest BCUT2D eigenvalue weighted by molar-refractivity contribution is 5.75. The molecule has 0 saturated heterocycles. The predicted octanol–water partition coefficient (Wildman–Crippen LogP) is -0.981. The minimum atomic E-state index is -0.324. The number of hydrogen-bond acceptors (Lipinski definition) is 5. The molecule has 0 aliphatic rings. The quantitative estimate of drug-likeness (QED) is 0.247. The fraction of sp³-hybridized carbons (Fsp3) is 0. The van der Waals surface area contributed by atoms with E-state index in [1.165, 1.54) is 6.20 Å². The van der Waals surface area contributed by atoms with E-state index in [-0.39, 0.29) is 11.6 Å².